The fourth-order valence-electron chi connectivity index (χ4n) is 3.08. The van der Waals surface area contributed by atoms with Crippen molar-refractivity contribution in [1.82, 2.24) is 4.90 Å². The van der Waals surface area contributed by atoms with Crippen LogP contribution < -0.4 is 0 Å². The van der Waals surface area contributed by atoms with Crippen molar-refractivity contribution in [2.45, 2.75) is 68.9 Å². The van der Waals surface area contributed by atoms with Crippen LogP contribution in [0.4, 0.5) is 0 Å². The zero-order valence-corrected chi connectivity index (χ0v) is 10.3. The third-order valence-electron chi connectivity index (χ3n) is 3.83. The Balaban J connectivity index is 2.06. The Morgan fingerprint density at radius 1 is 1.31 bits per heavy atom. The van der Waals surface area contributed by atoms with E-state index in [0.29, 0.717) is 0 Å². The predicted molar refractivity (Wildman–Crippen MR) is 60.4 cm³/mol. The highest BCUT2D eigenvalue weighted by Gasteiger charge is 2.41. The summed E-state index contributed by atoms with van der Waals surface area (Å²) in [6, 6.07) is 2.58. The Morgan fingerprint density at radius 3 is 2.31 bits per heavy atom. The highest BCUT2D eigenvalue weighted by Crippen LogP contribution is 2.39. The van der Waals surface area contributed by atoms with Crippen LogP contribution in [0.25, 0.3) is 0 Å². The van der Waals surface area contributed by atoms with Gasteiger partial charge in [-0.2, -0.15) is 0 Å². The molecule has 1 nitrogen and oxygen atoms in total. The third kappa shape index (κ3) is 1.80. The lowest BCUT2D eigenvalue weighted by atomic mass is 10.00. The molecule has 13 heavy (non-hydrogen) atoms. The summed E-state index contributed by atoms with van der Waals surface area (Å²) < 4.78 is 0. The molecule has 0 aromatic carbocycles. The standard InChI is InChI=1S/C11H20BrN/c1-3-8(2)13-10-4-5-11(13)7-9(12)6-10/h8-11H,3-7H2,1-2H3. The van der Waals surface area contributed by atoms with Gasteiger partial charge in [-0.25, -0.2) is 0 Å². The first-order chi connectivity index (χ1) is 6.22. The highest BCUT2D eigenvalue weighted by atomic mass is 79.9. The average molecular weight is 246 g/mol. The maximum absolute atomic E-state index is 3.78. The lowest BCUT2D eigenvalue weighted by molar-refractivity contribution is 0.0970. The molecule has 0 radical (unpaired) electrons. The Labute approximate surface area is 90.0 Å². The SMILES string of the molecule is CCC(C)N1C2CCC1CC(Br)C2. The largest absolute Gasteiger partial charge is 0.295 e. The summed E-state index contributed by atoms with van der Waals surface area (Å²) in [6.45, 7) is 4.70. The molecule has 2 heteroatoms. The van der Waals surface area contributed by atoms with Gasteiger partial charge < -0.3 is 0 Å². The van der Waals surface area contributed by atoms with E-state index in [0.717, 1.165) is 23.0 Å². The van der Waals surface area contributed by atoms with Gasteiger partial charge in [0.15, 0.2) is 0 Å². The van der Waals surface area contributed by atoms with Gasteiger partial charge in [0, 0.05) is 23.0 Å². The second kappa shape index (κ2) is 3.90. The van der Waals surface area contributed by atoms with Gasteiger partial charge in [-0.15, -0.1) is 0 Å². The lowest BCUT2D eigenvalue weighted by Gasteiger charge is -2.41. The van der Waals surface area contributed by atoms with Crippen LogP contribution in [0, 0.1) is 0 Å². The average Bonchev–Trinajstić information content (AvgIpc) is 2.37. The fraction of sp³-hybridized carbons (Fsp3) is 1.00. The van der Waals surface area contributed by atoms with E-state index >= 15 is 0 Å². The topological polar surface area (TPSA) is 3.24 Å². The summed E-state index contributed by atoms with van der Waals surface area (Å²) in [7, 11) is 0. The predicted octanol–water partition coefficient (Wildman–Crippen LogP) is 3.18. The molecule has 0 amide bonds. The Morgan fingerprint density at radius 2 is 1.85 bits per heavy atom. The van der Waals surface area contributed by atoms with Crippen LogP contribution in [-0.4, -0.2) is 27.9 Å². The minimum absolute atomic E-state index is 0.797. The van der Waals surface area contributed by atoms with Crippen molar-refractivity contribution >= 4 is 15.9 Å². The molecule has 0 aromatic heterocycles. The minimum atomic E-state index is 0.797. The number of nitrogens with zero attached hydrogens (tertiary/aromatic N) is 1. The highest BCUT2D eigenvalue weighted by molar-refractivity contribution is 9.09. The summed E-state index contributed by atoms with van der Waals surface area (Å²) in [5.74, 6) is 0. The summed E-state index contributed by atoms with van der Waals surface area (Å²) >= 11 is 3.78. The zero-order chi connectivity index (χ0) is 9.42. The number of hydrogen-bond donors (Lipinski definition) is 0. The second-order valence-electron chi connectivity index (χ2n) is 4.66. The first kappa shape index (κ1) is 9.97. The molecule has 2 heterocycles. The van der Waals surface area contributed by atoms with Crippen LogP contribution in [0.3, 0.4) is 0 Å². The van der Waals surface area contributed by atoms with Crippen molar-refractivity contribution < 1.29 is 0 Å². The van der Waals surface area contributed by atoms with Gasteiger partial charge in [-0.05, 0) is 39.0 Å². The van der Waals surface area contributed by atoms with Gasteiger partial charge in [0.05, 0.1) is 0 Å². The van der Waals surface area contributed by atoms with Crippen LogP contribution >= 0.6 is 15.9 Å². The molecular weight excluding hydrogens is 226 g/mol. The van der Waals surface area contributed by atoms with Crippen molar-refractivity contribution in [2.24, 2.45) is 0 Å². The van der Waals surface area contributed by atoms with Crippen molar-refractivity contribution in [3.8, 4) is 0 Å². The first-order valence-electron chi connectivity index (χ1n) is 5.64. The minimum Gasteiger partial charge on any atom is -0.295 e. The van der Waals surface area contributed by atoms with Crippen molar-refractivity contribution in [3.63, 3.8) is 0 Å². The van der Waals surface area contributed by atoms with E-state index < -0.39 is 0 Å². The molecule has 0 N–H and O–H groups in total. The van der Waals surface area contributed by atoms with Gasteiger partial charge in [0.2, 0.25) is 0 Å². The smallest absolute Gasteiger partial charge is 0.0175 e. The second-order valence-corrected chi connectivity index (χ2v) is 5.95. The summed E-state index contributed by atoms with van der Waals surface area (Å²) in [5, 5.41) is 0. The molecule has 2 saturated heterocycles. The Bertz CT molecular complexity index is 169. The van der Waals surface area contributed by atoms with Gasteiger partial charge in [-0.1, -0.05) is 22.9 Å². The van der Waals surface area contributed by atoms with Crippen molar-refractivity contribution in [1.29, 1.82) is 0 Å². The van der Waals surface area contributed by atoms with Gasteiger partial charge in [0.1, 0.15) is 0 Å². The third-order valence-corrected chi connectivity index (χ3v) is 4.58. The maximum atomic E-state index is 3.78. The molecule has 0 spiro atoms. The van der Waals surface area contributed by atoms with Gasteiger partial charge in [0.25, 0.3) is 0 Å². The summed E-state index contributed by atoms with van der Waals surface area (Å²) in [5.41, 5.74) is 0. The molecule has 0 aromatic rings. The van der Waals surface area contributed by atoms with E-state index in [1.807, 2.05) is 0 Å². The van der Waals surface area contributed by atoms with Crippen LogP contribution in [0.2, 0.25) is 0 Å². The van der Waals surface area contributed by atoms with E-state index in [1.165, 1.54) is 32.1 Å². The molecule has 3 atom stereocenters. The van der Waals surface area contributed by atoms with E-state index in [1.54, 1.807) is 0 Å². The van der Waals surface area contributed by atoms with Crippen LogP contribution in [0.5, 0.6) is 0 Å². The molecule has 2 bridgehead atoms. The van der Waals surface area contributed by atoms with Gasteiger partial charge >= 0.3 is 0 Å². The van der Waals surface area contributed by atoms with E-state index in [9.17, 15) is 0 Å². The van der Waals surface area contributed by atoms with Crippen LogP contribution in [-0.2, 0) is 0 Å². The van der Waals surface area contributed by atoms with Gasteiger partial charge in [-0.3, -0.25) is 4.90 Å². The fourth-order valence-corrected chi connectivity index (χ4v) is 3.94. The first-order valence-corrected chi connectivity index (χ1v) is 6.55. The number of piperidine rings is 1. The summed E-state index contributed by atoms with van der Waals surface area (Å²) in [6.07, 6.45) is 6.94. The number of halogens is 1. The molecule has 0 saturated carbocycles. The zero-order valence-electron chi connectivity index (χ0n) is 8.67. The number of hydrogen-bond acceptors (Lipinski definition) is 1. The molecule has 0 aliphatic carbocycles. The Hall–Kier alpha value is 0.440. The Kier molecular flexibility index (Phi) is 2.99. The van der Waals surface area contributed by atoms with Crippen molar-refractivity contribution in [3.05, 3.63) is 0 Å². The molecule has 3 unspecified atom stereocenters. The number of rotatable bonds is 2. The summed E-state index contributed by atoms with van der Waals surface area (Å²) in [4.78, 5) is 3.59. The number of alkyl halides is 1. The van der Waals surface area contributed by atoms with Crippen molar-refractivity contribution in [2.75, 3.05) is 0 Å². The molecule has 2 aliphatic rings. The molecule has 76 valence electrons. The van der Waals surface area contributed by atoms with Crippen LogP contribution in [0.15, 0.2) is 0 Å². The normalized spacial score (nSPS) is 42.2. The van der Waals surface area contributed by atoms with E-state index in [4.69, 9.17) is 0 Å². The molecular formula is C11H20BrN. The van der Waals surface area contributed by atoms with Crippen LogP contribution in [0.1, 0.15) is 46.0 Å². The number of fused-ring (bicyclic) bond motifs is 2. The molecule has 2 aliphatic heterocycles. The van der Waals surface area contributed by atoms with E-state index in [2.05, 4.69) is 34.7 Å². The molecule has 2 fully saturated rings. The lowest BCUT2D eigenvalue weighted by Crippen LogP contribution is -2.47. The quantitative estimate of drug-likeness (QED) is 0.676. The monoisotopic (exact) mass is 245 g/mol. The maximum Gasteiger partial charge on any atom is 0.0175 e. The molecule has 2 rings (SSSR count). The van der Waals surface area contributed by atoms with E-state index in [-0.39, 0.29) is 0 Å².